The Balaban J connectivity index is -0.000000125. The molecule has 8 heavy (non-hydrogen) atoms. The first-order chi connectivity index (χ1) is 2.56. The molecule has 0 aromatic rings. The summed E-state index contributed by atoms with van der Waals surface area (Å²) in [5, 5.41) is 0. The summed E-state index contributed by atoms with van der Waals surface area (Å²) in [5.74, 6) is 0. The maximum absolute atomic E-state index is 9.72. The minimum Gasteiger partial charge on any atom is -0.252 e. The van der Waals surface area contributed by atoms with E-state index in [4.69, 9.17) is 0 Å². The Morgan fingerprint density at radius 3 is 1.50 bits per heavy atom. The van der Waals surface area contributed by atoms with Crippen molar-refractivity contribution in [1.29, 1.82) is 0 Å². The van der Waals surface area contributed by atoms with Crippen molar-refractivity contribution in [3.63, 3.8) is 0 Å². The van der Waals surface area contributed by atoms with Crippen LogP contribution in [0, 0.1) is 0 Å². The Labute approximate surface area is 76.6 Å². The Morgan fingerprint density at radius 1 is 1.38 bits per heavy atom. The summed E-state index contributed by atoms with van der Waals surface area (Å²) < 4.78 is 23.2. The zero-order valence-corrected chi connectivity index (χ0v) is 9.09. The Bertz CT molecular complexity index is 119. The molecule has 3 nitrogen and oxygen atoms in total. The van der Waals surface area contributed by atoms with Gasteiger partial charge in [0.25, 0.3) is 9.74 Å². The fraction of sp³-hybridized carbons (Fsp3) is 0. The molecule has 0 radical (unpaired) electrons. The summed E-state index contributed by atoms with van der Waals surface area (Å²) in [6, 6.07) is 0. The largest absolute Gasteiger partial charge is 0.280 e. The Morgan fingerprint density at radius 2 is 1.50 bits per heavy atom. The summed E-state index contributed by atoms with van der Waals surface area (Å²) in [7, 11) is -0.146. The molecule has 0 aliphatic rings. The molecule has 0 aromatic carbocycles. The molecule has 0 aromatic heterocycles. The van der Waals surface area contributed by atoms with Crippen molar-refractivity contribution in [2.75, 3.05) is 0 Å². The standard InChI is InChI=1S/Ni.H4O3P2S.Pd/c;1-6(2,5)3-4;/h;4-5H2;. The van der Waals surface area contributed by atoms with Gasteiger partial charge in [0.2, 0.25) is 0 Å². The first-order valence-electron chi connectivity index (χ1n) is 0.971. The van der Waals surface area contributed by atoms with Crippen LogP contribution >= 0.6 is 17.9 Å². The number of rotatable bonds is 1. The van der Waals surface area contributed by atoms with Crippen LogP contribution in [0.3, 0.4) is 0 Å². The number of hydrogen-bond acceptors (Lipinski definition) is 3. The van der Waals surface area contributed by atoms with Crippen LogP contribution in [-0.2, 0) is 50.6 Å². The van der Waals surface area contributed by atoms with E-state index in [9.17, 15) is 8.42 Å². The molecule has 0 spiro atoms. The van der Waals surface area contributed by atoms with Crippen molar-refractivity contribution >= 4 is 27.6 Å². The van der Waals surface area contributed by atoms with Crippen molar-refractivity contribution < 1.29 is 49.3 Å². The van der Waals surface area contributed by atoms with Crippen LogP contribution in [0.4, 0.5) is 0 Å². The van der Waals surface area contributed by atoms with Crippen LogP contribution in [0.5, 0.6) is 0 Å². The second kappa shape index (κ2) is 7.04. The van der Waals surface area contributed by atoms with Crippen LogP contribution in [-0.4, -0.2) is 8.42 Å². The van der Waals surface area contributed by atoms with Gasteiger partial charge >= 0.3 is 0 Å². The molecule has 0 amide bonds. The molecule has 58 valence electrons. The minimum atomic E-state index is -3.28. The molecule has 0 rings (SSSR count). The summed E-state index contributed by atoms with van der Waals surface area (Å²) >= 11 is 0. The van der Waals surface area contributed by atoms with Gasteiger partial charge in [-0.25, -0.2) is 0 Å². The van der Waals surface area contributed by atoms with Crippen molar-refractivity contribution in [1.82, 2.24) is 0 Å². The van der Waals surface area contributed by atoms with E-state index >= 15 is 0 Å². The maximum Gasteiger partial charge on any atom is 0.280 e. The van der Waals surface area contributed by atoms with E-state index in [-0.39, 0.29) is 36.9 Å². The first kappa shape index (κ1) is 16.5. The van der Waals surface area contributed by atoms with Gasteiger partial charge in [-0.3, -0.25) is 3.97 Å². The van der Waals surface area contributed by atoms with Gasteiger partial charge in [0, 0.05) is 54.8 Å². The van der Waals surface area contributed by atoms with Gasteiger partial charge in [-0.1, -0.05) is 0 Å². The fourth-order valence-corrected chi connectivity index (χ4v) is 0. The second-order valence-corrected chi connectivity index (χ2v) is 4.08. The molecule has 0 aliphatic carbocycles. The van der Waals surface area contributed by atoms with Gasteiger partial charge in [0.05, 0.1) is 0 Å². The van der Waals surface area contributed by atoms with Crippen LogP contribution in [0.25, 0.3) is 0 Å². The molecule has 2 unspecified atom stereocenters. The third-order valence-corrected chi connectivity index (χ3v) is 2.21. The number of hydrogen-bond donors (Lipinski definition) is 0. The summed E-state index contributed by atoms with van der Waals surface area (Å²) in [6.45, 7) is 0. The van der Waals surface area contributed by atoms with Crippen LogP contribution < -0.4 is 0 Å². The zero-order valence-electron chi connectivity index (χ0n) is 3.42. The predicted octanol–water partition coefficient (Wildman–Crippen LogP) is -0.0920. The van der Waals surface area contributed by atoms with Gasteiger partial charge in [0.1, 0.15) is 0 Å². The van der Waals surface area contributed by atoms with E-state index in [1.165, 1.54) is 8.44 Å². The topological polar surface area (TPSA) is 43.4 Å². The average molecular weight is 311 g/mol. The molecule has 0 heterocycles. The van der Waals surface area contributed by atoms with Gasteiger partial charge in [0.15, 0.2) is 0 Å². The minimum absolute atomic E-state index is 0. The molecule has 8 heteroatoms. The molecule has 2 atom stereocenters. The van der Waals surface area contributed by atoms with Crippen molar-refractivity contribution in [2.24, 2.45) is 0 Å². The van der Waals surface area contributed by atoms with Gasteiger partial charge in [-0.15, -0.1) is 0 Å². The van der Waals surface area contributed by atoms with Gasteiger partial charge in [-0.2, -0.15) is 8.42 Å². The Hall–Kier alpha value is 1.93. The van der Waals surface area contributed by atoms with Crippen molar-refractivity contribution in [3.8, 4) is 0 Å². The van der Waals surface area contributed by atoms with E-state index in [1.54, 1.807) is 9.47 Å². The average Bonchev–Trinajstić information content (AvgIpc) is 1.35. The molecule has 0 fully saturated rings. The molecule has 0 bridgehead atoms. The van der Waals surface area contributed by atoms with Gasteiger partial charge < -0.3 is 0 Å². The van der Waals surface area contributed by atoms with E-state index in [2.05, 4.69) is 3.97 Å². The van der Waals surface area contributed by atoms with Crippen LogP contribution in [0.15, 0.2) is 0 Å². The summed E-state index contributed by atoms with van der Waals surface area (Å²) in [5.41, 5.74) is 0. The van der Waals surface area contributed by atoms with E-state index in [1.807, 2.05) is 0 Å². The Kier molecular flexibility index (Phi) is 14.5. The summed E-state index contributed by atoms with van der Waals surface area (Å²) in [4.78, 5) is 0. The first-order valence-corrected chi connectivity index (χ1v) is 4.33. The third-order valence-electron chi connectivity index (χ3n) is 0.134. The van der Waals surface area contributed by atoms with Gasteiger partial charge in [-0.05, 0) is 0 Å². The van der Waals surface area contributed by atoms with E-state index in [0.717, 1.165) is 0 Å². The molecule has 0 N–H and O–H groups in total. The third kappa shape index (κ3) is 15.7. The molecule has 0 saturated heterocycles. The molecular weight excluding hydrogens is 307 g/mol. The summed E-state index contributed by atoms with van der Waals surface area (Å²) in [6.07, 6.45) is 0. The fourth-order valence-electron chi connectivity index (χ4n) is 0. The molecule has 0 saturated carbocycles. The quantitative estimate of drug-likeness (QED) is 0.502. The van der Waals surface area contributed by atoms with E-state index < -0.39 is 9.74 Å². The van der Waals surface area contributed by atoms with Crippen molar-refractivity contribution in [3.05, 3.63) is 0 Å². The smallest absolute Gasteiger partial charge is 0.252 e. The predicted molar refractivity (Wildman–Crippen MR) is 29.4 cm³/mol. The maximum atomic E-state index is 9.72. The van der Waals surface area contributed by atoms with E-state index in [0.29, 0.717) is 0 Å². The molecule has 0 aliphatic heterocycles. The second-order valence-electron chi connectivity index (χ2n) is 0.589. The van der Waals surface area contributed by atoms with Crippen LogP contribution in [0.1, 0.15) is 0 Å². The normalized spacial score (nSPS) is 8.75. The SMILES string of the molecule is O=S(=O)(P)OP.[Ni].[Pd]. The van der Waals surface area contributed by atoms with Crippen molar-refractivity contribution in [2.45, 2.75) is 0 Å². The monoisotopic (exact) mass is 310 g/mol. The zero-order chi connectivity index (χ0) is 5.21. The molecular formula is H4NiO3P2PdS. The van der Waals surface area contributed by atoms with Crippen LogP contribution in [0.2, 0.25) is 0 Å².